The topological polar surface area (TPSA) is 99.4 Å². The van der Waals surface area contributed by atoms with Crippen molar-refractivity contribution in [3.63, 3.8) is 0 Å². The van der Waals surface area contributed by atoms with Crippen LogP contribution in [0, 0.1) is 0 Å². The molecule has 32 heavy (non-hydrogen) atoms. The highest BCUT2D eigenvalue weighted by Crippen LogP contribution is 2.35. The maximum absolute atomic E-state index is 13.0. The summed E-state index contributed by atoms with van der Waals surface area (Å²) in [5.74, 6) is 0.756. The monoisotopic (exact) mass is 499 g/mol. The van der Waals surface area contributed by atoms with E-state index in [2.05, 4.69) is 15.0 Å². The molecule has 3 heterocycles. The van der Waals surface area contributed by atoms with Crippen LogP contribution in [0.1, 0.15) is 46.6 Å². The van der Waals surface area contributed by atoms with Crippen LogP contribution in [0.3, 0.4) is 0 Å². The van der Waals surface area contributed by atoms with Gasteiger partial charge in [0.1, 0.15) is 28.4 Å². The standard InChI is InChI=1S/C20H23Cl2N5O4S/c1-19(2,3)30-17(28)27(18(29)31-20(4,5)6)16-14-11(22)8-26(15(14)23-10-24-16)12-9-32-13(7-21)25-12/h8-10H,7H2,1-6H3. The quantitative estimate of drug-likeness (QED) is 0.410. The summed E-state index contributed by atoms with van der Waals surface area (Å²) in [6.07, 6.45) is 0.906. The predicted molar refractivity (Wildman–Crippen MR) is 124 cm³/mol. The Bertz CT molecular complexity index is 1140. The van der Waals surface area contributed by atoms with E-state index in [1.807, 2.05) is 0 Å². The van der Waals surface area contributed by atoms with Gasteiger partial charge in [0, 0.05) is 11.6 Å². The van der Waals surface area contributed by atoms with Crippen LogP contribution >= 0.6 is 34.5 Å². The minimum absolute atomic E-state index is 0.0601. The van der Waals surface area contributed by atoms with E-state index in [1.165, 1.54) is 17.7 Å². The molecule has 172 valence electrons. The zero-order valence-corrected chi connectivity index (χ0v) is 20.8. The third kappa shape index (κ3) is 5.31. The van der Waals surface area contributed by atoms with Gasteiger partial charge in [-0.2, -0.15) is 4.90 Å². The number of halogens is 2. The Morgan fingerprint density at radius 1 is 1.09 bits per heavy atom. The Hall–Kier alpha value is -2.43. The number of carbonyl (C=O) groups excluding carboxylic acids is 2. The summed E-state index contributed by atoms with van der Waals surface area (Å²) in [5.41, 5.74) is -1.38. The number of carbonyl (C=O) groups is 2. The third-order valence-electron chi connectivity index (χ3n) is 3.78. The lowest BCUT2D eigenvalue weighted by Gasteiger charge is -2.28. The predicted octanol–water partition coefficient (Wildman–Crippen LogP) is 5.95. The summed E-state index contributed by atoms with van der Waals surface area (Å²) in [4.78, 5) is 39.7. The second kappa shape index (κ2) is 8.84. The van der Waals surface area contributed by atoms with Gasteiger partial charge in [0.05, 0.1) is 16.3 Å². The maximum Gasteiger partial charge on any atom is 0.425 e. The van der Waals surface area contributed by atoms with E-state index in [9.17, 15) is 9.59 Å². The Balaban J connectivity index is 2.17. The second-order valence-electron chi connectivity index (χ2n) is 8.77. The first-order valence-corrected chi connectivity index (χ1v) is 11.4. The van der Waals surface area contributed by atoms with Gasteiger partial charge in [0.15, 0.2) is 11.5 Å². The molecule has 0 aliphatic heterocycles. The first kappa shape index (κ1) is 24.2. The van der Waals surface area contributed by atoms with Gasteiger partial charge in [-0.1, -0.05) is 11.6 Å². The van der Waals surface area contributed by atoms with Crippen LogP contribution in [0.15, 0.2) is 17.9 Å². The highest BCUT2D eigenvalue weighted by atomic mass is 35.5. The lowest BCUT2D eigenvalue weighted by Crippen LogP contribution is -2.44. The summed E-state index contributed by atoms with van der Waals surface area (Å²) < 4.78 is 12.5. The number of imide groups is 1. The fourth-order valence-corrected chi connectivity index (χ4v) is 3.81. The van der Waals surface area contributed by atoms with Crippen LogP contribution in [0.4, 0.5) is 15.4 Å². The Morgan fingerprint density at radius 2 is 1.69 bits per heavy atom. The van der Waals surface area contributed by atoms with Crippen molar-refractivity contribution in [2.24, 2.45) is 0 Å². The summed E-state index contributed by atoms with van der Waals surface area (Å²) in [6, 6.07) is 0. The molecule has 0 unspecified atom stereocenters. The first-order valence-electron chi connectivity index (χ1n) is 9.59. The van der Waals surface area contributed by atoms with E-state index >= 15 is 0 Å². The van der Waals surface area contributed by atoms with Crippen LogP contribution in [0.25, 0.3) is 16.9 Å². The number of alkyl halides is 1. The molecule has 0 aliphatic carbocycles. The molecule has 0 aliphatic rings. The molecule has 0 fully saturated rings. The third-order valence-corrected chi connectivity index (χ3v) is 5.32. The van der Waals surface area contributed by atoms with Gasteiger partial charge in [0.25, 0.3) is 0 Å². The van der Waals surface area contributed by atoms with E-state index in [0.717, 1.165) is 9.91 Å². The molecular formula is C20H23Cl2N5O4S. The zero-order chi connectivity index (χ0) is 23.8. The van der Waals surface area contributed by atoms with Gasteiger partial charge in [-0.15, -0.1) is 22.9 Å². The van der Waals surface area contributed by atoms with Crippen molar-refractivity contribution >= 4 is 63.6 Å². The van der Waals surface area contributed by atoms with Gasteiger partial charge in [-0.25, -0.2) is 24.5 Å². The van der Waals surface area contributed by atoms with Crippen molar-refractivity contribution in [3.05, 3.63) is 27.9 Å². The molecule has 9 nitrogen and oxygen atoms in total. The van der Waals surface area contributed by atoms with Crippen LogP contribution < -0.4 is 4.90 Å². The number of anilines is 1. The number of thiazole rings is 1. The van der Waals surface area contributed by atoms with Gasteiger partial charge in [0.2, 0.25) is 0 Å². The zero-order valence-electron chi connectivity index (χ0n) is 18.5. The van der Waals surface area contributed by atoms with Crippen molar-refractivity contribution in [1.82, 2.24) is 19.5 Å². The van der Waals surface area contributed by atoms with Gasteiger partial charge < -0.3 is 9.47 Å². The molecule has 0 N–H and O–H groups in total. The smallest absolute Gasteiger partial charge is 0.425 e. The Kier molecular flexibility index (Phi) is 6.69. The van der Waals surface area contributed by atoms with Gasteiger partial charge in [-0.3, -0.25) is 4.57 Å². The normalized spacial score (nSPS) is 12.1. The molecule has 0 saturated carbocycles. The number of nitrogens with zero attached hydrogens (tertiary/aromatic N) is 5. The number of aromatic nitrogens is 4. The summed E-state index contributed by atoms with van der Waals surface area (Å²) >= 11 is 13.8. The average Bonchev–Trinajstić information content (AvgIpc) is 3.24. The van der Waals surface area contributed by atoms with Crippen molar-refractivity contribution in [2.75, 3.05) is 4.90 Å². The van der Waals surface area contributed by atoms with Crippen LogP contribution in [0.2, 0.25) is 5.02 Å². The minimum atomic E-state index is -0.950. The number of hydrogen-bond acceptors (Lipinski definition) is 8. The molecule has 3 aromatic rings. The van der Waals surface area contributed by atoms with E-state index in [-0.39, 0.29) is 22.1 Å². The minimum Gasteiger partial charge on any atom is -0.443 e. The fourth-order valence-electron chi connectivity index (χ4n) is 2.68. The van der Waals surface area contributed by atoms with Gasteiger partial charge >= 0.3 is 12.2 Å². The van der Waals surface area contributed by atoms with Crippen molar-refractivity contribution in [3.8, 4) is 5.82 Å². The molecule has 3 aromatic heterocycles. The second-order valence-corrected chi connectivity index (χ2v) is 10.4. The van der Waals surface area contributed by atoms with Crippen molar-refractivity contribution < 1.29 is 19.1 Å². The lowest BCUT2D eigenvalue weighted by atomic mass is 10.2. The van der Waals surface area contributed by atoms with Crippen LogP contribution in [-0.4, -0.2) is 42.9 Å². The van der Waals surface area contributed by atoms with E-state index < -0.39 is 23.4 Å². The highest BCUT2D eigenvalue weighted by Gasteiger charge is 2.36. The summed E-state index contributed by atoms with van der Waals surface area (Å²) in [7, 11) is 0. The first-order chi connectivity index (χ1) is 14.8. The molecule has 0 aromatic carbocycles. The highest BCUT2D eigenvalue weighted by molar-refractivity contribution is 7.10. The van der Waals surface area contributed by atoms with E-state index in [4.69, 9.17) is 32.7 Å². The molecule has 0 radical (unpaired) electrons. The Labute approximate surface area is 199 Å². The number of rotatable bonds is 3. The fraction of sp³-hybridized carbons (Fsp3) is 0.450. The number of fused-ring (bicyclic) bond motifs is 1. The molecule has 2 amide bonds. The number of amides is 2. The largest absolute Gasteiger partial charge is 0.443 e. The molecule has 12 heteroatoms. The Morgan fingerprint density at radius 3 is 2.19 bits per heavy atom. The molecule has 0 saturated heterocycles. The van der Waals surface area contributed by atoms with Gasteiger partial charge in [-0.05, 0) is 41.5 Å². The van der Waals surface area contributed by atoms with Crippen LogP contribution in [-0.2, 0) is 15.4 Å². The number of hydrogen-bond donors (Lipinski definition) is 0. The van der Waals surface area contributed by atoms with Crippen molar-refractivity contribution in [2.45, 2.75) is 58.6 Å². The summed E-state index contributed by atoms with van der Waals surface area (Å²) in [5, 5.41) is 3.01. The average molecular weight is 500 g/mol. The molecular weight excluding hydrogens is 477 g/mol. The van der Waals surface area contributed by atoms with Crippen molar-refractivity contribution in [1.29, 1.82) is 0 Å². The van der Waals surface area contributed by atoms with Crippen LogP contribution in [0.5, 0.6) is 0 Å². The SMILES string of the molecule is CC(C)(C)OC(=O)N(C(=O)OC(C)(C)C)c1ncnc2c1c(Cl)cn2-c1csc(CCl)n1. The molecule has 0 atom stereocenters. The molecule has 3 rings (SSSR count). The van der Waals surface area contributed by atoms with E-state index in [1.54, 1.807) is 57.7 Å². The lowest BCUT2D eigenvalue weighted by molar-refractivity contribution is 0.0429. The summed E-state index contributed by atoms with van der Waals surface area (Å²) in [6.45, 7) is 10.1. The van der Waals surface area contributed by atoms with E-state index in [0.29, 0.717) is 11.5 Å². The number of ether oxygens (including phenoxy) is 2. The molecule has 0 bridgehead atoms. The molecule has 0 spiro atoms. The maximum atomic E-state index is 13.0.